The van der Waals surface area contributed by atoms with Crippen LogP contribution in [-0.2, 0) is 14.3 Å². The van der Waals surface area contributed by atoms with E-state index in [-0.39, 0.29) is 17.6 Å². The number of halogens is 3. The van der Waals surface area contributed by atoms with Crippen LogP contribution in [0.4, 0.5) is 13.2 Å². The van der Waals surface area contributed by atoms with Gasteiger partial charge in [0, 0.05) is 5.92 Å². The number of alkyl halides is 3. The van der Waals surface area contributed by atoms with E-state index in [2.05, 4.69) is 4.18 Å². The average Bonchev–Trinajstić information content (AvgIpc) is 2.09. The lowest BCUT2D eigenvalue weighted by molar-refractivity contribution is -0.0528. The lowest BCUT2D eigenvalue weighted by Crippen LogP contribution is -2.27. The first-order chi connectivity index (χ1) is 7.13. The van der Waals surface area contributed by atoms with Crippen molar-refractivity contribution < 1.29 is 25.8 Å². The molecule has 7 heteroatoms. The lowest BCUT2D eigenvalue weighted by Gasteiger charge is -2.24. The molecular weight excluding hydrogens is 245 g/mol. The lowest BCUT2D eigenvalue weighted by atomic mass is 9.89. The molecule has 0 aromatic carbocycles. The van der Waals surface area contributed by atoms with E-state index in [1.807, 2.05) is 0 Å². The van der Waals surface area contributed by atoms with Gasteiger partial charge in [0.1, 0.15) is 5.76 Å². The van der Waals surface area contributed by atoms with E-state index in [9.17, 15) is 21.6 Å². The van der Waals surface area contributed by atoms with E-state index in [1.54, 1.807) is 13.8 Å². The minimum absolute atomic E-state index is 0.0367. The molecule has 0 aromatic heterocycles. The third kappa shape index (κ3) is 2.90. The van der Waals surface area contributed by atoms with E-state index >= 15 is 0 Å². The highest BCUT2D eigenvalue weighted by Crippen LogP contribution is 2.33. The fourth-order valence-corrected chi connectivity index (χ4v) is 2.03. The van der Waals surface area contributed by atoms with Gasteiger partial charge in [-0.1, -0.05) is 13.8 Å². The van der Waals surface area contributed by atoms with Gasteiger partial charge in [-0.05, 0) is 24.8 Å². The monoisotopic (exact) mass is 258 g/mol. The average molecular weight is 258 g/mol. The van der Waals surface area contributed by atoms with Crippen LogP contribution in [0.2, 0.25) is 0 Å². The van der Waals surface area contributed by atoms with Crippen LogP contribution in [-0.4, -0.2) is 13.9 Å². The summed E-state index contributed by atoms with van der Waals surface area (Å²) in [6, 6.07) is 0. The maximum absolute atomic E-state index is 12.1. The molecule has 16 heavy (non-hydrogen) atoms. The molecule has 0 amide bonds. The predicted octanol–water partition coefficient (Wildman–Crippen LogP) is 2.80. The van der Waals surface area contributed by atoms with Crippen molar-refractivity contribution in [3.8, 4) is 0 Å². The van der Waals surface area contributed by atoms with Gasteiger partial charge in [-0.3, -0.25) is 0 Å². The molecule has 0 bridgehead atoms. The largest absolute Gasteiger partial charge is 0.534 e. The quantitative estimate of drug-likeness (QED) is 0.565. The van der Waals surface area contributed by atoms with Gasteiger partial charge in [0.15, 0.2) is 0 Å². The molecule has 0 N–H and O–H groups in total. The van der Waals surface area contributed by atoms with Crippen LogP contribution < -0.4 is 0 Å². The topological polar surface area (TPSA) is 43.4 Å². The van der Waals surface area contributed by atoms with Gasteiger partial charge in [-0.15, -0.1) is 0 Å². The molecule has 0 spiro atoms. The van der Waals surface area contributed by atoms with Crippen molar-refractivity contribution in [1.29, 1.82) is 0 Å². The van der Waals surface area contributed by atoms with E-state index in [0.717, 1.165) is 6.42 Å². The zero-order chi connectivity index (χ0) is 12.6. The van der Waals surface area contributed by atoms with Crippen LogP contribution >= 0.6 is 0 Å². The minimum Gasteiger partial charge on any atom is -0.381 e. The van der Waals surface area contributed by atoms with E-state index < -0.39 is 15.6 Å². The Morgan fingerprint density at radius 3 is 2.38 bits per heavy atom. The van der Waals surface area contributed by atoms with E-state index in [0.29, 0.717) is 6.42 Å². The molecule has 0 fully saturated rings. The Hall–Kier alpha value is -0.720. The SMILES string of the molecule is CC1C=C(OS(=O)(=O)C(F)(F)F)C(C)CC1. The van der Waals surface area contributed by atoms with Gasteiger partial charge in [0.2, 0.25) is 0 Å². The molecule has 0 aromatic rings. The summed E-state index contributed by atoms with van der Waals surface area (Å²) in [6.07, 6.45) is 2.89. The maximum atomic E-state index is 12.1. The molecular formula is C9H13F3O3S. The van der Waals surface area contributed by atoms with Crippen LogP contribution in [0.15, 0.2) is 11.8 Å². The Bertz CT molecular complexity index is 383. The molecule has 2 atom stereocenters. The van der Waals surface area contributed by atoms with Gasteiger partial charge in [-0.25, -0.2) is 0 Å². The standard InChI is InChI=1S/C9H13F3O3S/c1-6-3-4-7(2)8(5-6)15-16(13,14)9(10,11)12/h5-7H,3-4H2,1-2H3. The summed E-state index contributed by atoms with van der Waals surface area (Å²) in [6.45, 7) is 3.44. The normalized spacial score (nSPS) is 27.4. The van der Waals surface area contributed by atoms with Gasteiger partial charge >= 0.3 is 15.6 Å². The van der Waals surface area contributed by atoms with Crippen LogP contribution in [0.3, 0.4) is 0 Å². The highest BCUT2D eigenvalue weighted by atomic mass is 32.2. The van der Waals surface area contributed by atoms with Crippen molar-refractivity contribution in [3.63, 3.8) is 0 Å². The Morgan fingerprint density at radius 1 is 1.31 bits per heavy atom. The van der Waals surface area contributed by atoms with E-state index in [4.69, 9.17) is 0 Å². The second kappa shape index (κ2) is 4.27. The van der Waals surface area contributed by atoms with Gasteiger partial charge in [0.05, 0.1) is 0 Å². The van der Waals surface area contributed by atoms with Crippen molar-refractivity contribution in [2.45, 2.75) is 32.2 Å². The highest BCUT2D eigenvalue weighted by Gasteiger charge is 2.49. The number of allylic oxidation sites excluding steroid dienone is 2. The number of hydrogen-bond donors (Lipinski definition) is 0. The molecule has 1 aliphatic carbocycles. The number of rotatable bonds is 2. The van der Waals surface area contributed by atoms with Crippen molar-refractivity contribution in [2.24, 2.45) is 11.8 Å². The zero-order valence-electron chi connectivity index (χ0n) is 8.91. The molecule has 2 unspecified atom stereocenters. The number of hydrogen-bond acceptors (Lipinski definition) is 3. The molecule has 0 heterocycles. The first-order valence-corrected chi connectivity index (χ1v) is 6.27. The van der Waals surface area contributed by atoms with Crippen LogP contribution in [0, 0.1) is 11.8 Å². The first-order valence-electron chi connectivity index (χ1n) is 4.86. The third-order valence-electron chi connectivity index (χ3n) is 2.48. The van der Waals surface area contributed by atoms with Crippen LogP contribution in [0.1, 0.15) is 26.7 Å². The van der Waals surface area contributed by atoms with Crippen molar-refractivity contribution >= 4 is 10.1 Å². The Kier molecular flexibility index (Phi) is 3.56. The fraction of sp³-hybridized carbons (Fsp3) is 0.778. The third-order valence-corrected chi connectivity index (χ3v) is 3.46. The molecule has 3 nitrogen and oxygen atoms in total. The summed E-state index contributed by atoms with van der Waals surface area (Å²) in [4.78, 5) is 0. The Balaban J connectivity index is 2.89. The summed E-state index contributed by atoms with van der Waals surface area (Å²) in [5.74, 6) is -0.362. The fourth-order valence-electron chi connectivity index (χ4n) is 1.47. The van der Waals surface area contributed by atoms with Crippen molar-refractivity contribution in [1.82, 2.24) is 0 Å². The minimum atomic E-state index is -5.52. The summed E-state index contributed by atoms with van der Waals surface area (Å²) in [7, 11) is -5.52. The summed E-state index contributed by atoms with van der Waals surface area (Å²) < 4.78 is 61.9. The summed E-state index contributed by atoms with van der Waals surface area (Å²) in [5, 5.41) is 0. The molecule has 1 aliphatic rings. The molecule has 0 radical (unpaired) electrons. The smallest absolute Gasteiger partial charge is 0.381 e. The predicted molar refractivity (Wildman–Crippen MR) is 51.7 cm³/mol. The van der Waals surface area contributed by atoms with Crippen molar-refractivity contribution in [3.05, 3.63) is 11.8 Å². The highest BCUT2D eigenvalue weighted by molar-refractivity contribution is 7.87. The molecule has 0 saturated heterocycles. The Labute approximate surface area is 92.4 Å². The molecule has 1 rings (SSSR count). The van der Waals surface area contributed by atoms with Crippen molar-refractivity contribution in [2.75, 3.05) is 0 Å². The summed E-state index contributed by atoms with van der Waals surface area (Å²) in [5.41, 5.74) is -5.37. The molecule has 0 aliphatic heterocycles. The van der Waals surface area contributed by atoms with Gasteiger partial charge in [0.25, 0.3) is 0 Å². The van der Waals surface area contributed by atoms with Crippen LogP contribution in [0.25, 0.3) is 0 Å². The van der Waals surface area contributed by atoms with Gasteiger partial charge < -0.3 is 4.18 Å². The second-order valence-electron chi connectivity index (χ2n) is 4.01. The Morgan fingerprint density at radius 2 is 1.88 bits per heavy atom. The van der Waals surface area contributed by atoms with Gasteiger partial charge in [-0.2, -0.15) is 21.6 Å². The first kappa shape index (κ1) is 13.3. The maximum Gasteiger partial charge on any atom is 0.534 e. The molecule has 0 saturated carbocycles. The zero-order valence-corrected chi connectivity index (χ0v) is 9.73. The molecule has 94 valence electrons. The summed E-state index contributed by atoms with van der Waals surface area (Å²) >= 11 is 0. The van der Waals surface area contributed by atoms with Crippen LogP contribution in [0.5, 0.6) is 0 Å². The van der Waals surface area contributed by atoms with E-state index in [1.165, 1.54) is 6.08 Å². The second-order valence-corrected chi connectivity index (χ2v) is 5.55.